The largest absolute Gasteiger partial charge is 0.334 e. The summed E-state index contributed by atoms with van der Waals surface area (Å²) in [6.07, 6.45) is 6.02. The van der Waals surface area contributed by atoms with Gasteiger partial charge in [-0.25, -0.2) is 24.3 Å². The predicted molar refractivity (Wildman–Crippen MR) is 119 cm³/mol. The van der Waals surface area contributed by atoms with Crippen LogP contribution in [0.5, 0.6) is 0 Å². The maximum absolute atomic E-state index is 14.0. The second kappa shape index (κ2) is 8.26. The number of aromatic nitrogens is 4. The molecule has 8 heteroatoms. The van der Waals surface area contributed by atoms with Gasteiger partial charge in [-0.05, 0) is 56.5 Å². The number of aryl methyl sites for hydroxylation is 2. The molecule has 2 unspecified atom stereocenters. The molecule has 2 aliphatic heterocycles. The molecule has 0 radical (unpaired) electrons. The first-order chi connectivity index (χ1) is 15.5. The highest BCUT2D eigenvalue weighted by molar-refractivity contribution is 6.00. The first-order valence-electron chi connectivity index (χ1n) is 11.0. The number of carbonyl (C=O) groups is 1. The summed E-state index contributed by atoms with van der Waals surface area (Å²) < 4.78 is 14.0. The van der Waals surface area contributed by atoms with E-state index < -0.39 is 5.82 Å². The van der Waals surface area contributed by atoms with Crippen molar-refractivity contribution in [1.82, 2.24) is 24.8 Å². The van der Waals surface area contributed by atoms with Crippen LogP contribution in [0.4, 0.5) is 10.3 Å². The van der Waals surface area contributed by atoms with Gasteiger partial charge < -0.3 is 9.80 Å². The zero-order valence-corrected chi connectivity index (χ0v) is 18.2. The van der Waals surface area contributed by atoms with Gasteiger partial charge in [0.25, 0.3) is 5.91 Å². The molecule has 0 aliphatic carbocycles. The van der Waals surface area contributed by atoms with Crippen LogP contribution in [0.15, 0.2) is 42.7 Å². The molecule has 3 aromatic rings. The fraction of sp³-hybridized carbons (Fsp3) is 0.375. The number of carbonyl (C=O) groups excluding carboxylic acids is 1. The van der Waals surface area contributed by atoms with E-state index in [1.807, 2.05) is 17.9 Å². The number of anilines is 1. The Morgan fingerprint density at radius 3 is 2.50 bits per heavy atom. The lowest BCUT2D eigenvalue weighted by molar-refractivity contribution is 0.0717. The zero-order valence-electron chi connectivity index (χ0n) is 18.2. The highest BCUT2D eigenvalue weighted by Crippen LogP contribution is 2.34. The minimum atomic E-state index is -0.419. The molecule has 1 amide bonds. The Bertz CT molecular complexity index is 1140. The molecule has 5 rings (SSSR count). The molecule has 0 saturated carbocycles. The molecular weight excluding hydrogens is 407 g/mol. The maximum Gasteiger partial charge on any atom is 0.254 e. The summed E-state index contributed by atoms with van der Waals surface area (Å²) in [4.78, 5) is 35.6. The van der Waals surface area contributed by atoms with Crippen LogP contribution in [0.2, 0.25) is 0 Å². The van der Waals surface area contributed by atoms with Crippen LogP contribution in [0.3, 0.4) is 0 Å². The summed E-state index contributed by atoms with van der Waals surface area (Å²) in [6.45, 7) is 5.25. The van der Waals surface area contributed by atoms with Gasteiger partial charge in [0.2, 0.25) is 5.95 Å². The second-order valence-electron chi connectivity index (χ2n) is 8.42. The summed E-state index contributed by atoms with van der Waals surface area (Å²) in [7, 11) is 0. The molecule has 2 atom stereocenters. The lowest BCUT2D eigenvalue weighted by atomic mass is 10.0. The van der Waals surface area contributed by atoms with Crippen molar-refractivity contribution in [3.8, 4) is 11.4 Å². The Morgan fingerprint density at radius 2 is 1.81 bits per heavy atom. The monoisotopic (exact) mass is 432 g/mol. The third-order valence-electron chi connectivity index (χ3n) is 6.28. The maximum atomic E-state index is 14.0. The van der Waals surface area contributed by atoms with Crippen molar-refractivity contribution in [1.29, 1.82) is 0 Å². The van der Waals surface area contributed by atoms with Gasteiger partial charge in [-0.3, -0.25) is 4.79 Å². The van der Waals surface area contributed by atoms with Crippen LogP contribution in [-0.2, 0) is 6.42 Å². The highest BCUT2D eigenvalue weighted by Gasteiger charge is 2.43. The third-order valence-corrected chi connectivity index (χ3v) is 6.28. The minimum Gasteiger partial charge on any atom is -0.334 e. The van der Waals surface area contributed by atoms with Gasteiger partial charge in [0.1, 0.15) is 5.82 Å². The van der Waals surface area contributed by atoms with Crippen molar-refractivity contribution < 1.29 is 9.18 Å². The molecule has 2 saturated heterocycles. The normalized spacial score (nSPS) is 20.0. The standard InChI is InChI=1S/C24H25FN6O/c1-3-17-11-15(2)28-24(29-17)31-18-6-7-19(31)14-30(13-18)23(32)20-8-5-16(25)12-21(20)22-26-9-4-10-27-22/h4-5,8-12,18-19H,3,6-7,13-14H2,1-2H3. The lowest BCUT2D eigenvalue weighted by Crippen LogP contribution is -2.56. The van der Waals surface area contributed by atoms with E-state index in [-0.39, 0.29) is 18.0 Å². The summed E-state index contributed by atoms with van der Waals surface area (Å²) >= 11 is 0. The molecule has 1 aromatic carbocycles. The van der Waals surface area contributed by atoms with Gasteiger partial charge in [-0.15, -0.1) is 0 Å². The van der Waals surface area contributed by atoms with Gasteiger partial charge in [-0.1, -0.05) is 6.92 Å². The van der Waals surface area contributed by atoms with Gasteiger partial charge in [0.15, 0.2) is 5.82 Å². The smallest absolute Gasteiger partial charge is 0.254 e. The van der Waals surface area contributed by atoms with Gasteiger partial charge >= 0.3 is 0 Å². The van der Waals surface area contributed by atoms with Gasteiger partial charge in [0.05, 0.1) is 5.56 Å². The van der Waals surface area contributed by atoms with Crippen molar-refractivity contribution >= 4 is 11.9 Å². The van der Waals surface area contributed by atoms with Crippen molar-refractivity contribution in [2.24, 2.45) is 0 Å². The van der Waals surface area contributed by atoms with Crippen LogP contribution >= 0.6 is 0 Å². The Labute approximate surface area is 186 Å². The van der Waals surface area contributed by atoms with Crippen LogP contribution in [-0.4, -0.2) is 55.9 Å². The molecular formula is C24H25FN6O. The highest BCUT2D eigenvalue weighted by atomic mass is 19.1. The number of benzene rings is 1. The number of fused-ring (bicyclic) bond motifs is 2. The molecule has 2 aliphatic rings. The average molecular weight is 433 g/mol. The summed E-state index contributed by atoms with van der Waals surface area (Å²) in [5.74, 6) is 0.569. The van der Waals surface area contributed by atoms with E-state index in [4.69, 9.17) is 9.97 Å². The molecule has 164 valence electrons. The SMILES string of the molecule is CCc1cc(C)nc(N2C3CCC2CN(C(=O)c2ccc(F)cc2-c2ncccn2)C3)n1. The van der Waals surface area contributed by atoms with E-state index in [2.05, 4.69) is 21.8 Å². The number of likely N-dealkylation sites (tertiary alicyclic amines) is 1. The number of piperazine rings is 1. The van der Waals surface area contributed by atoms with E-state index in [1.54, 1.807) is 18.5 Å². The average Bonchev–Trinajstić information content (AvgIpc) is 3.08. The molecule has 2 bridgehead atoms. The van der Waals surface area contributed by atoms with Crippen molar-refractivity contribution in [2.45, 2.75) is 45.2 Å². The van der Waals surface area contributed by atoms with Crippen LogP contribution in [0, 0.1) is 12.7 Å². The molecule has 0 spiro atoms. The lowest BCUT2D eigenvalue weighted by Gasteiger charge is -2.41. The quantitative estimate of drug-likeness (QED) is 0.629. The zero-order chi connectivity index (χ0) is 22.2. The van der Waals surface area contributed by atoms with E-state index in [1.165, 1.54) is 18.2 Å². The molecule has 4 heterocycles. The first-order valence-corrected chi connectivity index (χ1v) is 11.0. The van der Waals surface area contributed by atoms with Crippen LogP contribution < -0.4 is 4.90 Å². The number of nitrogens with zero attached hydrogens (tertiary/aromatic N) is 6. The topological polar surface area (TPSA) is 75.1 Å². The number of amides is 1. The Balaban J connectivity index is 1.43. The summed E-state index contributed by atoms with van der Waals surface area (Å²) in [5.41, 5.74) is 2.83. The molecule has 32 heavy (non-hydrogen) atoms. The van der Waals surface area contributed by atoms with Crippen molar-refractivity contribution in [3.63, 3.8) is 0 Å². The van der Waals surface area contributed by atoms with Crippen molar-refractivity contribution in [2.75, 3.05) is 18.0 Å². The molecule has 7 nitrogen and oxygen atoms in total. The first kappa shape index (κ1) is 20.5. The van der Waals surface area contributed by atoms with E-state index in [0.29, 0.717) is 30.0 Å². The number of hydrogen-bond acceptors (Lipinski definition) is 6. The molecule has 2 aromatic heterocycles. The Kier molecular flexibility index (Phi) is 5.28. The van der Waals surface area contributed by atoms with E-state index in [9.17, 15) is 9.18 Å². The van der Waals surface area contributed by atoms with E-state index in [0.717, 1.165) is 36.6 Å². The second-order valence-corrected chi connectivity index (χ2v) is 8.42. The summed E-state index contributed by atoms with van der Waals surface area (Å²) in [5, 5.41) is 0. The fourth-order valence-electron chi connectivity index (χ4n) is 4.81. The van der Waals surface area contributed by atoms with Gasteiger partial charge in [-0.2, -0.15) is 0 Å². The Morgan fingerprint density at radius 1 is 1.09 bits per heavy atom. The summed E-state index contributed by atoms with van der Waals surface area (Å²) in [6, 6.07) is 8.24. The van der Waals surface area contributed by atoms with Gasteiger partial charge in [0, 0.05) is 54.5 Å². The van der Waals surface area contributed by atoms with Crippen LogP contribution in [0.1, 0.15) is 41.5 Å². The number of halogens is 1. The third kappa shape index (κ3) is 3.70. The number of rotatable bonds is 4. The van der Waals surface area contributed by atoms with E-state index >= 15 is 0 Å². The predicted octanol–water partition coefficient (Wildman–Crippen LogP) is 3.44. The molecule has 0 N–H and O–H groups in total. The minimum absolute atomic E-state index is 0.122. The van der Waals surface area contributed by atoms with Crippen LogP contribution in [0.25, 0.3) is 11.4 Å². The fourth-order valence-corrected chi connectivity index (χ4v) is 4.81. The molecule has 2 fully saturated rings. The Hall–Kier alpha value is -3.42. The van der Waals surface area contributed by atoms with Crippen molar-refractivity contribution in [3.05, 3.63) is 65.5 Å². The number of hydrogen-bond donors (Lipinski definition) is 0.